The molecule has 0 saturated heterocycles. The molecule has 8 nitrogen and oxygen atoms in total. The van der Waals surface area contributed by atoms with Crippen molar-refractivity contribution >= 4 is 39.1 Å². The zero-order chi connectivity index (χ0) is 26.2. The van der Waals surface area contributed by atoms with E-state index in [-0.39, 0.29) is 23.2 Å². The molecular formula is C25H34ClN3O5S. The second-order valence-corrected chi connectivity index (χ2v) is 10.6. The third kappa shape index (κ3) is 7.86. The highest BCUT2D eigenvalue weighted by molar-refractivity contribution is 7.92. The number of nitrogens with one attached hydrogen (secondary N) is 1. The molecule has 0 aliphatic heterocycles. The third-order valence-corrected chi connectivity index (χ3v) is 6.95. The first kappa shape index (κ1) is 28.5. The van der Waals surface area contributed by atoms with Gasteiger partial charge in [0.15, 0.2) is 0 Å². The summed E-state index contributed by atoms with van der Waals surface area (Å²) in [4.78, 5) is 28.0. The smallest absolute Gasteiger partial charge is 0.244 e. The van der Waals surface area contributed by atoms with E-state index in [4.69, 9.17) is 16.3 Å². The van der Waals surface area contributed by atoms with E-state index in [2.05, 4.69) is 5.32 Å². The van der Waals surface area contributed by atoms with E-state index in [0.717, 1.165) is 28.1 Å². The van der Waals surface area contributed by atoms with Gasteiger partial charge in [-0.1, -0.05) is 55.3 Å². The van der Waals surface area contributed by atoms with E-state index in [9.17, 15) is 18.0 Å². The molecule has 2 aromatic carbocycles. The molecule has 192 valence electrons. The standard InChI is InChI=1S/C25H34ClN3O5S/c1-6-14-27-25(31)22(7-2)28(16-19-10-8-18(3)9-11-19)24(30)17-29(35(5,32)33)20-12-13-23(34-4)21(26)15-20/h8-13,15,22H,6-7,14,16-17H2,1-5H3,(H,27,31)/t22-/m1/s1. The summed E-state index contributed by atoms with van der Waals surface area (Å²) < 4.78 is 31.5. The van der Waals surface area contributed by atoms with Gasteiger partial charge < -0.3 is 15.0 Å². The fourth-order valence-electron chi connectivity index (χ4n) is 3.60. The Bertz CT molecular complexity index is 1120. The van der Waals surface area contributed by atoms with E-state index in [1.54, 1.807) is 0 Å². The Morgan fingerprint density at radius 1 is 1.11 bits per heavy atom. The van der Waals surface area contributed by atoms with Gasteiger partial charge in [-0.2, -0.15) is 0 Å². The lowest BCUT2D eigenvalue weighted by atomic mass is 10.1. The number of carbonyl (C=O) groups excluding carboxylic acids is 2. The minimum Gasteiger partial charge on any atom is -0.495 e. The van der Waals surface area contributed by atoms with Crippen molar-refractivity contribution in [3.8, 4) is 5.75 Å². The lowest BCUT2D eigenvalue weighted by molar-refractivity contribution is -0.140. The van der Waals surface area contributed by atoms with Crippen LogP contribution in [0.15, 0.2) is 42.5 Å². The number of rotatable bonds is 12. The van der Waals surface area contributed by atoms with E-state index < -0.39 is 28.5 Å². The van der Waals surface area contributed by atoms with Crippen molar-refractivity contribution in [3.63, 3.8) is 0 Å². The van der Waals surface area contributed by atoms with Crippen molar-refractivity contribution in [2.75, 3.05) is 30.8 Å². The van der Waals surface area contributed by atoms with Crippen LogP contribution in [0.1, 0.15) is 37.8 Å². The van der Waals surface area contributed by atoms with Crippen molar-refractivity contribution in [2.24, 2.45) is 0 Å². The number of nitrogens with zero attached hydrogens (tertiary/aromatic N) is 2. The molecule has 0 aliphatic rings. The van der Waals surface area contributed by atoms with Crippen LogP contribution >= 0.6 is 11.6 Å². The van der Waals surface area contributed by atoms with E-state index in [0.29, 0.717) is 18.7 Å². The molecule has 0 fully saturated rings. The maximum Gasteiger partial charge on any atom is 0.244 e. The second kappa shape index (κ2) is 12.8. The Morgan fingerprint density at radius 3 is 2.29 bits per heavy atom. The highest BCUT2D eigenvalue weighted by Gasteiger charge is 2.31. The molecule has 0 aromatic heterocycles. The lowest BCUT2D eigenvalue weighted by Gasteiger charge is -2.33. The number of benzene rings is 2. The average Bonchev–Trinajstić information content (AvgIpc) is 2.81. The number of halogens is 1. The molecule has 1 atom stereocenters. The molecule has 2 amide bonds. The van der Waals surface area contributed by atoms with Crippen LogP contribution in [0.2, 0.25) is 5.02 Å². The lowest BCUT2D eigenvalue weighted by Crippen LogP contribution is -2.52. The predicted molar refractivity (Wildman–Crippen MR) is 139 cm³/mol. The van der Waals surface area contributed by atoms with Gasteiger partial charge in [0.25, 0.3) is 0 Å². The molecule has 1 N–H and O–H groups in total. The van der Waals surface area contributed by atoms with Crippen LogP contribution in [0.4, 0.5) is 5.69 Å². The zero-order valence-electron chi connectivity index (χ0n) is 20.9. The highest BCUT2D eigenvalue weighted by Crippen LogP contribution is 2.30. The second-order valence-electron chi connectivity index (χ2n) is 8.31. The first-order chi connectivity index (χ1) is 16.5. The van der Waals surface area contributed by atoms with Crippen LogP contribution in [0.25, 0.3) is 0 Å². The normalized spacial score (nSPS) is 12.1. The topological polar surface area (TPSA) is 96.0 Å². The Hall–Kier alpha value is -2.78. The van der Waals surface area contributed by atoms with Crippen LogP contribution in [-0.4, -0.2) is 57.6 Å². The van der Waals surface area contributed by atoms with Crippen LogP contribution in [0.5, 0.6) is 5.75 Å². The number of hydrogen-bond acceptors (Lipinski definition) is 5. The van der Waals surface area contributed by atoms with Crippen molar-refractivity contribution < 1.29 is 22.7 Å². The van der Waals surface area contributed by atoms with Gasteiger partial charge in [-0.3, -0.25) is 13.9 Å². The number of ether oxygens (including phenoxy) is 1. The third-order valence-electron chi connectivity index (χ3n) is 5.51. The number of aryl methyl sites for hydroxylation is 1. The molecule has 0 aliphatic carbocycles. The molecule has 0 unspecified atom stereocenters. The molecule has 10 heteroatoms. The molecule has 0 bridgehead atoms. The number of methoxy groups -OCH3 is 1. The number of anilines is 1. The first-order valence-corrected chi connectivity index (χ1v) is 13.7. The Morgan fingerprint density at radius 2 is 1.77 bits per heavy atom. The van der Waals surface area contributed by atoms with E-state index >= 15 is 0 Å². The van der Waals surface area contributed by atoms with Gasteiger partial charge in [-0.15, -0.1) is 0 Å². The fourth-order valence-corrected chi connectivity index (χ4v) is 4.69. The van der Waals surface area contributed by atoms with Crippen LogP contribution in [0, 0.1) is 6.92 Å². The summed E-state index contributed by atoms with van der Waals surface area (Å²) in [6.45, 7) is 5.90. The van der Waals surface area contributed by atoms with Gasteiger partial charge >= 0.3 is 0 Å². The SMILES string of the molecule is CCCNC(=O)[C@@H](CC)N(Cc1ccc(C)cc1)C(=O)CN(c1ccc(OC)c(Cl)c1)S(C)(=O)=O. The number of carbonyl (C=O) groups is 2. The zero-order valence-corrected chi connectivity index (χ0v) is 22.4. The summed E-state index contributed by atoms with van der Waals surface area (Å²) in [6.07, 6.45) is 2.16. The van der Waals surface area contributed by atoms with Gasteiger partial charge in [0.2, 0.25) is 21.8 Å². The van der Waals surface area contributed by atoms with Gasteiger partial charge in [-0.05, 0) is 43.5 Å². The summed E-state index contributed by atoms with van der Waals surface area (Å²) in [5, 5.41) is 3.07. The molecule has 0 spiro atoms. The van der Waals surface area contributed by atoms with Crippen molar-refractivity contribution in [2.45, 2.75) is 46.2 Å². The summed E-state index contributed by atoms with van der Waals surface area (Å²) in [7, 11) is -2.39. The largest absolute Gasteiger partial charge is 0.495 e. The summed E-state index contributed by atoms with van der Waals surface area (Å²) >= 11 is 6.21. The highest BCUT2D eigenvalue weighted by atomic mass is 35.5. The molecule has 0 heterocycles. The van der Waals surface area contributed by atoms with Gasteiger partial charge in [0.1, 0.15) is 18.3 Å². The van der Waals surface area contributed by atoms with Gasteiger partial charge in [0, 0.05) is 13.1 Å². The molecule has 35 heavy (non-hydrogen) atoms. The molecule has 2 rings (SSSR count). The molecular weight excluding hydrogens is 490 g/mol. The molecule has 0 saturated carbocycles. The van der Waals surface area contributed by atoms with Crippen molar-refractivity contribution in [3.05, 3.63) is 58.6 Å². The Labute approximate surface area is 213 Å². The summed E-state index contributed by atoms with van der Waals surface area (Å²) in [5.41, 5.74) is 2.13. The summed E-state index contributed by atoms with van der Waals surface area (Å²) in [6, 6.07) is 11.4. The maximum atomic E-state index is 13.6. The molecule has 2 aromatic rings. The fraction of sp³-hybridized carbons (Fsp3) is 0.440. The van der Waals surface area contributed by atoms with Crippen LogP contribution in [-0.2, 0) is 26.2 Å². The van der Waals surface area contributed by atoms with Crippen molar-refractivity contribution in [1.29, 1.82) is 0 Å². The number of amides is 2. The summed E-state index contributed by atoms with van der Waals surface area (Å²) in [5.74, 6) is -0.385. The monoisotopic (exact) mass is 523 g/mol. The maximum absolute atomic E-state index is 13.6. The van der Waals surface area contributed by atoms with Crippen LogP contribution in [0.3, 0.4) is 0 Å². The minimum absolute atomic E-state index is 0.165. The average molecular weight is 524 g/mol. The minimum atomic E-state index is -3.84. The number of sulfonamides is 1. The predicted octanol–water partition coefficient (Wildman–Crippen LogP) is 3.76. The van der Waals surface area contributed by atoms with E-state index in [1.807, 2.05) is 45.0 Å². The Kier molecular flexibility index (Phi) is 10.4. The number of hydrogen-bond donors (Lipinski definition) is 1. The van der Waals surface area contributed by atoms with Gasteiger partial charge in [-0.25, -0.2) is 8.42 Å². The quantitative estimate of drug-likeness (QED) is 0.457. The first-order valence-electron chi connectivity index (χ1n) is 11.5. The van der Waals surface area contributed by atoms with E-state index in [1.165, 1.54) is 30.2 Å². The van der Waals surface area contributed by atoms with Crippen LogP contribution < -0.4 is 14.4 Å². The molecule has 0 radical (unpaired) electrons. The Balaban J connectivity index is 2.43. The van der Waals surface area contributed by atoms with Gasteiger partial charge in [0.05, 0.1) is 24.1 Å². The van der Waals surface area contributed by atoms with Crippen molar-refractivity contribution in [1.82, 2.24) is 10.2 Å².